The fourth-order valence-electron chi connectivity index (χ4n) is 1.71. The van der Waals surface area contributed by atoms with Crippen molar-refractivity contribution >= 4 is 5.97 Å². The van der Waals surface area contributed by atoms with Gasteiger partial charge in [-0.25, -0.2) is 0 Å². The van der Waals surface area contributed by atoms with Crippen molar-refractivity contribution in [3.63, 3.8) is 0 Å². The molecule has 4 nitrogen and oxygen atoms in total. The summed E-state index contributed by atoms with van der Waals surface area (Å²) < 4.78 is 5.51. The van der Waals surface area contributed by atoms with E-state index in [-0.39, 0.29) is 0 Å². The van der Waals surface area contributed by atoms with E-state index in [1.54, 1.807) is 6.92 Å². The van der Waals surface area contributed by atoms with Crippen molar-refractivity contribution in [2.24, 2.45) is 5.92 Å². The maximum atomic E-state index is 11.2. The third-order valence-electron chi connectivity index (χ3n) is 3.35. The Labute approximate surface area is 104 Å². The van der Waals surface area contributed by atoms with E-state index < -0.39 is 11.5 Å². The minimum Gasteiger partial charge on any atom is -0.480 e. The molecule has 17 heavy (non-hydrogen) atoms. The Balaban J connectivity index is 2.15. The summed E-state index contributed by atoms with van der Waals surface area (Å²) in [5.74, 6) is 0.0795. The molecule has 0 aliphatic heterocycles. The molecule has 0 heterocycles. The van der Waals surface area contributed by atoms with Gasteiger partial charge in [0.05, 0.1) is 0 Å². The number of hydrogen-bond donors (Lipinski definition) is 2. The summed E-state index contributed by atoms with van der Waals surface area (Å²) in [5, 5.41) is 12.3. The van der Waals surface area contributed by atoms with Gasteiger partial charge in [0.25, 0.3) is 0 Å². The van der Waals surface area contributed by atoms with Gasteiger partial charge in [-0.2, -0.15) is 0 Å². The summed E-state index contributed by atoms with van der Waals surface area (Å²) in [5.41, 5.74) is -0.852. The number of hydrogen-bond acceptors (Lipinski definition) is 3. The normalized spacial score (nSPS) is 18.9. The van der Waals surface area contributed by atoms with Crippen LogP contribution in [0.5, 0.6) is 0 Å². The predicted molar refractivity (Wildman–Crippen MR) is 67.1 cm³/mol. The molecule has 0 aromatic carbocycles. The second-order valence-corrected chi connectivity index (χ2v) is 5.16. The van der Waals surface area contributed by atoms with Crippen molar-refractivity contribution in [3.8, 4) is 0 Å². The molecular formula is C13H25NO3. The Bertz CT molecular complexity index is 241. The highest BCUT2D eigenvalue weighted by atomic mass is 16.5. The van der Waals surface area contributed by atoms with Gasteiger partial charge >= 0.3 is 5.97 Å². The second kappa shape index (κ2) is 6.97. The highest BCUT2D eigenvalue weighted by Gasteiger charge is 2.31. The molecule has 1 aliphatic rings. The van der Waals surface area contributed by atoms with E-state index in [1.807, 2.05) is 6.92 Å². The molecule has 0 spiro atoms. The lowest BCUT2D eigenvalue weighted by molar-refractivity contribution is -0.145. The van der Waals surface area contributed by atoms with Crippen LogP contribution in [-0.4, -0.2) is 36.4 Å². The number of aliphatic carboxylic acids is 1. The first-order valence-corrected chi connectivity index (χ1v) is 6.64. The molecule has 4 heteroatoms. The number of nitrogens with one attached hydrogen (secondary N) is 1. The fourth-order valence-corrected chi connectivity index (χ4v) is 1.71. The molecule has 1 aliphatic carbocycles. The van der Waals surface area contributed by atoms with Gasteiger partial charge in [-0.15, -0.1) is 0 Å². The Morgan fingerprint density at radius 1 is 1.47 bits per heavy atom. The van der Waals surface area contributed by atoms with E-state index in [0.717, 1.165) is 31.9 Å². The number of carboxylic acids is 1. The second-order valence-electron chi connectivity index (χ2n) is 5.16. The summed E-state index contributed by atoms with van der Waals surface area (Å²) in [6, 6.07) is 0. The topological polar surface area (TPSA) is 58.6 Å². The zero-order chi connectivity index (χ0) is 12.7. The van der Waals surface area contributed by atoms with E-state index in [4.69, 9.17) is 4.74 Å². The number of carbonyl (C=O) groups is 1. The molecule has 1 saturated carbocycles. The molecule has 0 amide bonds. The quantitative estimate of drug-likeness (QED) is 0.576. The highest BCUT2D eigenvalue weighted by molar-refractivity contribution is 5.78. The van der Waals surface area contributed by atoms with Crippen molar-refractivity contribution in [3.05, 3.63) is 0 Å². The van der Waals surface area contributed by atoms with Crippen LogP contribution in [0.25, 0.3) is 0 Å². The monoisotopic (exact) mass is 243 g/mol. The van der Waals surface area contributed by atoms with Crippen molar-refractivity contribution in [2.45, 2.75) is 51.5 Å². The van der Waals surface area contributed by atoms with Crippen molar-refractivity contribution in [2.75, 3.05) is 19.8 Å². The summed E-state index contributed by atoms with van der Waals surface area (Å²) in [6.45, 7) is 5.78. The molecule has 0 bridgehead atoms. The molecule has 1 rings (SSSR count). The largest absolute Gasteiger partial charge is 0.480 e. The molecule has 1 fully saturated rings. The van der Waals surface area contributed by atoms with Crippen LogP contribution in [0.4, 0.5) is 0 Å². The number of ether oxygens (including phenoxy) is 1. The number of carboxylic acid groups (broad SMARTS) is 1. The van der Waals surface area contributed by atoms with E-state index in [2.05, 4.69) is 5.32 Å². The zero-order valence-electron chi connectivity index (χ0n) is 11.0. The van der Waals surface area contributed by atoms with Crippen LogP contribution in [0.1, 0.15) is 46.0 Å². The number of rotatable bonds is 10. The Morgan fingerprint density at radius 2 is 2.18 bits per heavy atom. The van der Waals surface area contributed by atoms with Crippen LogP contribution < -0.4 is 5.32 Å². The summed E-state index contributed by atoms with van der Waals surface area (Å²) in [6.07, 6.45) is 5.27. The lowest BCUT2D eigenvalue weighted by Gasteiger charge is -2.26. The van der Waals surface area contributed by atoms with E-state index in [1.165, 1.54) is 12.8 Å². The van der Waals surface area contributed by atoms with Gasteiger partial charge in [0.2, 0.25) is 0 Å². The van der Waals surface area contributed by atoms with Crippen LogP contribution in [0.2, 0.25) is 0 Å². The van der Waals surface area contributed by atoms with Gasteiger partial charge in [-0.05, 0) is 38.6 Å². The summed E-state index contributed by atoms with van der Waals surface area (Å²) in [7, 11) is 0. The molecule has 0 aromatic rings. The molecule has 100 valence electrons. The van der Waals surface area contributed by atoms with Gasteiger partial charge in [0, 0.05) is 13.2 Å². The SMILES string of the molecule is CCCNC(C)(CCOCCC1CC1)C(=O)O. The van der Waals surface area contributed by atoms with Gasteiger partial charge < -0.3 is 15.2 Å². The standard InChI is InChI=1S/C13H25NO3/c1-3-8-14-13(2,12(15)16)7-10-17-9-6-11-4-5-11/h11,14H,3-10H2,1-2H3,(H,15,16). The van der Waals surface area contributed by atoms with E-state index in [9.17, 15) is 9.90 Å². The lowest BCUT2D eigenvalue weighted by Crippen LogP contribution is -2.50. The minimum atomic E-state index is -0.852. The smallest absolute Gasteiger partial charge is 0.323 e. The third-order valence-corrected chi connectivity index (χ3v) is 3.35. The highest BCUT2D eigenvalue weighted by Crippen LogP contribution is 2.32. The molecular weight excluding hydrogens is 218 g/mol. The van der Waals surface area contributed by atoms with Crippen LogP contribution >= 0.6 is 0 Å². The van der Waals surface area contributed by atoms with Crippen LogP contribution in [0.3, 0.4) is 0 Å². The summed E-state index contributed by atoms with van der Waals surface area (Å²) >= 11 is 0. The first kappa shape index (κ1) is 14.5. The average molecular weight is 243 g/mol. The Hall–Kier alpha value is -0.610. The fraction of sp³-hybridized carbons (Fsp3) is 0.923. The van der Waals surface area contributed by atoms with Gasteiger partial charge in [-0.1, -0.05) is 19.8 Å². The van der Waals surface area contributed by atoms with Gasteiger partial charge in [0.15, 0.2) is 0 Å². The van der Waals surface area contributed by atoms with Gasteiger partial charge in [0.1, 0.15) is 5.54 Å². The molecule has 0 saturated heterocycles. The Kier molecular flexibility index (Phi) is 5.92. The van der Waals surface area contributed by atoms with Crippen molar-refractivity contribution in [1.82, 2.24) is 5.32 Å². The first-order chi connectivity index (χ1) is 8.08. The zero-order valence-corrected chi connectivity index (χ0v) is 11.0. The van der Waals surface area contributed by atoms with E-state index in [0.29, 0.717) is 13.0 Å². The molecule has 1 unspecified atom stereocenters. The third kappa shape index (κ3) is 5.50. The van der Waals surface area contributed by atoms with Crippen LogP contribution in [-0.2, 0) is 9.53 Å². The van der Waals surface area contributed by atoms with Gasteiger partial charge in [-0.3, -0.25) is 4.79 Å². The summed E-state index contributed by atoms with van der Waals surface area (Å²) in [4.78, 5) is 11.2. The van der Waals surface area contributed by atoms with Crippen molar-refractivity contribution in [1.29, 1.82) is 0 Å². The molecule has 1 atom stereocenters. The van der Waals surface area contributed by atoms with Crippen LogP contribution in [0.15, 0.2) is 0 Å². The lowest BCUT2D eigenvalue weighted by atomic mass is 9.98. The Morgan fingerprint density at radius 3 is 2.71 bits per heavy atom. The average Bonchev–Trinajstić information content (AvgIpc) is 3.09. The van der Waals surface area contributed by atoms with Crippen LogP contribution in [0, 0.1) is 5.92 Å². The molecule has 0 aromatic heterocycles. The molecule has 0 radical (unpaired) electrons. The maximum Gasteiger partial charge on any atom is 0.323 e. The predicted octanol–water partition coefficient (Wildman–Crippen LogP) is 2.04. The maximum absolute atomic E-state index is 11.2. The molecule has 2 N–H and O–H groups in total. The van der Waals surface area contributed by atoms with Crippen molar-refractivity contribution < 1.29 is 14.6 Å². The van der Waals surface area contributed by atoms with E-state index >= 15 is 0 Å². The first-order valence-electron chi connectivity index (χ1n) is 6.64. The minimum absolute atomic E-state index is 0.520.